The molecule has 1 atom stereocenters. The molecule has 0 bridgehead atoms. The molecule has 3 aromatic rings. The minimum atomic E-state index is -0.196. The van der Waals surface area contributed by atoms with Crippen molar-refractivity contribution in [1.29, 1.82) is 0 Å². The zero-order valence-electron chi connectivity index (χ0n) is 15.3. The van der Waals surface area contributed by atoms with Gasteiger partial charge in [-0.1, -0.05) is 17.7 Å². The smallest absolute Gasteiger partial charge is 0.263 e. The van der Waals surface area contributed by atoms with Gasteiger partial charge in [-0.25, -0.2) is 4.98 Å². The van der Waals surface area contributed by atoms with Crippen LogP contribution in [0.2, 0.25) is 4.34 Å². The summed E-state index contributed by atoms with van der Waals surface area (Å²) in [6, 6.07) is 9.15. The summed E-state index contributed by atoms with van der Waals surface area (Å²) in [5.74, 6) is 1.13. The maximum absolute atomic E-state index is 12.8. The van der Waals surface area contributed by atoms with Gasteiger partial charge in [0.2, 0.25) is 0 Å². The zero-order valence-corrected chi connectivity index (χ0v) is 17.7. The fourth-order valence-electron chi connectivity index (χ4n) is 2.61. The molecule has 1 N–H and O–H groups in total. The summed E-state index contributed by atoms with van der Waals surface area (Å²) in [6.07, 6.45) is 0. The number of benzene rings is 1. The van der Waals surface area contributed by atoms with Gasteiger partial charge < -0.3 is 14.8 Å². The van der Waals surface area contributed by atoms with E-state index in [4.69, 9.17) is 21.1 Å². The molecule has 0 aliphatic heterocycles. The van der Waals surface area contributed by atoms with Gasteiger partial charge >= 0.3 is 0 Å². The summed E-state index contributed by atoms with van der Waals surface area (Å²) in [5.41, 5.74) is 1.63. The number of amides is 1. The Hall–Kier alpha value is -2.09. The van der Waals surface area contributed by atoms with Gasteiger partial charge in [0.25, 0.3) is 5.91 Å². The normalized spacial score (nSPS) is 11.9. The minimum absolute atomic E-state index is 0.152. The third-order valence-electron chi connectivity index (χ3n) is 4.04. The second kappa shape index (κ2) is 8.29. The number of carbonyl (C=O) groups excluding carboxylic acids is 1. The Morgan fingerprint density at radius 2 is 1.89 bits per heavy atom. The number of nitrogens with one attached hydrogen (secondary N) is 1. The largest absolute Gasteiger partial charge is 0.493 e. The van der Waals surface area contributed by atoms with Crippen molar-refractivity contribution < 1.29 is 14.3 Å². The molecule has 0 aliphatic rings. The first kappa shape index (κ1) is 19.7. The molecule has 3 rings (SSSR count). The van der Waals surface area contributed by atoms with E-state index in [9.17, 15) is 4.79 Å². The van der Waals surface area contributed by atoms with E-state index < -0.39 is 0 Å². The van der Waals surface area contributed by atoms with Gasteiger partial charge in [-0.3, -0.25) is 4.79 Å². The molecule has 8 heteroatoms. The minimum Gasteiger partial charge on any atom is -0.493 e. The monoisotopic (exact) mass is 422 g/mol. The van der Waals surface area contributed by atoms with Crippen LogP contribution in [0.5, 0.6) is 11.5 Å². The lowest BCUT2D eigenvalue weighted by atomic mass is 10.1. The van der Waals surface area contributed by atoms with Crippen LogP contribution in [0.4, 0.5) is 0 Å². The highest BCUT2D eigenvalue weighted by molar-refractivity contribution is 7.24. The van der Waals surface area contributed by atoms with Crippen molar-refractivity contribution in [2.75, 3.05) is 14.2 Å². The van der Waals surface area contributed by atoms with Crippen LogP contribution in [-0.4, -0.2) is 25.1 Å². The van der Waals surface area contributed by atoms with Gasteiger partial charge in [0.1, 0.15) is 9.88 Å². The van der Waals surface area contributed by atoms with Crippen LogP contribution in [0.15, 0.2) is 30.3 Å². The van der Waals surface area contributed by atoms with E-state index in [2.05, 4.69) is 10.3 Å². The average molecular weight is 423 g/mol. The Bertz CT molecular complexity index is 968. The van der Waals surface area contributed by atoms with Crippen LogP contribution >= 0.6 is 34.3 Å². The van der Waals surface area contributed by atoms with Gasteiger partial charge in [-0.05, 0) is 43.7 Å². The lowest BCUT2D eigenvalue weighted by Crippen LogP contribution is -2.26. The molecular formula is C19H19ClN2O3S2. The summed E-state index contributed by atoms with van der Waals surface area (Å²) >= 11 is 8.82. The number of ether oxygens (including phenoxy) is 2. The molecule has 0 radical (unpaired) electrons. The number of aromatic nitrogens is 1. The predicted octanol–water partition coefficient (Wildman–Crippen LogP) is 5.34. The molecular weight excluding hydrogens is 404 g/mol. The molecule has 1 aromatic carbocycles. The van der Waals surface area contributed by atoms with E-state index >= 15 is 0 Å². The van der Waals surface area contributed by atoms with Crippen molar-refractivity contribution in [1.82, 2.24) is 10.3 Å². The van der Waals surface area contributed by atoms with E-state index in [-0.39, 0.29) is 11.9 Å². The Balaban J connectivity index is 1.78. The number of hydrogen-bond donors (Lipinski definition) is 1. The number of methoxy groups -OCH3 is 2. The molecule has 27 heavy (non-hydrogen) atoms. The Morgan fingerprint density at radius 1 is 1.15 bits per heavy atom. The van der Waals surface area contributed by atoms with Crippen LogP contribution in [0.3, 0.4) is 0 Å². The lowest BCUT2D eigenvalue weighted by Gasteiger charge is -2.16. The zero-order chi connectivity index (χ0) is 19.6. The summed E-state index contributed by atoms with van der Waals surface area (Å²) in [5, 5.41) is 3.82. The van der Waals surface area contributed by atoms with Crippen molar-refractivity contribution in [3.05, 3.63) is 50.8 Å². The summed E-state index contributed by atoms with van der Waals surface area (Å²) < 4.78 is 11.3. The number of hydrogen-bond acceptors (Lipinski definition) is 6. The van der Waals surface area contributed by atoms with Crippen LogP contribution in [0.1, 0.15) is 33.9 Å². The lowest BCUT2D eigenvalue weighted by molar-refractivity contribution is 0.0943. The van der Waals surface area contributed by atoms with Crippen molar-refractivity contribution in [2.24, 2.45) is 0 Å². The molecule has 0 fully saturated rings. The molecule has 0 saturated heterocycles. The number of aryl methyl sites for hydroxylation is 1. The first-order valence-corrected chi connectivity index (χ1v) is 10.2. The van der Waals surface area contributed by atoms with E-state index in [1.807, 2.05) is 44.2 Å². The number of rotatable bonds is 6. The summed E-state index contributed by atoms with van der Waals surface area (Å²) in [7, 11) is 3.18. The van der Waals surface area contributed by atoms with Crippen molar-refractivity contribution in [2.45, 2.75) is 19.9 Å². The third-order valence-corrected chi connectivity index (χ3v) is 6.60. The molecule has 0 saturated carbocycles. The van der Waals surface area contributed by atoms with Gasteiger partial charge in [0.15, 0.2) is 11.5 Å². The Kier molecular flexibility index (Phi) is 6.04. The van der Waals surface area contributed by atoms with Crippen molar-refractivity contribution in [3.8, 4) is 21.4 Å². The Labute approximate surface area is 170 Å². The second-order valence-corrected chi connectivity index (χ2v) is 8.56. The van der Waals surface area contributed by atoms with Gasteiger partial charge in [-0.2, -0.15) is 0 Å². The maximum atomic E-state index is 12.8. The molecule has 0 spiro atoms. The standard InChI is InChI=1S/C19H19ClN2O3S2/c1-10(12-5-6-13(24-3)14(9-12)25-4)21-18(23)17-11(2)22-19(27-17)15-7-8-16(20)26-15/h5-10H,1-4H3,(H,21,23). The fraction of sp³-hybridized carbons (Fsp3) is 0.263. The number of halogens is 1. The molecule has 1 unspecified atom stereocenters. The van der Waals surface area contributed by atoms with Crippen LogP contribution < -0.4 is 14.8 Å². The van der Waals surface area contributed by atoms with Gasteiger partial charge in [0.05, 0.1) is 35.2 Å². The second-order valence-electron chi connectivity index (χ2n) is 5.85. The first-order chi connectivity index (χ1) is 12.9. The quantitative estimate of drug-likeness (QED) is 0.582. The Morgan fingerprint density at radius 3 is 2.52 bits per heavy atom. The van der Waals surface area contributed by atoms with Crippen molar-refractivity contribution >= 4 is 40.2 Å². The van der Waals surface area contributed by atoms with Crippen LogP contribution in [-0.2, 0) is 0 Å². The van der Waals surface area contributed by atoms with Crippen LogP contribution in [0.25, 0.3) is 9.88 Å². The third kappa shape index (κ3) is 4.26. The van der Waals surface area contributed by atoms with E-state index in [0.29, 0.717) is 26.4 Å². The van der Waals surface area contributed by atoms with E-state index in [1.54, 1.807) is 14.2 Å². The highest BCUT2D eigenvalue weighted by Gasteiger charge is 2.20. The number of carbonyl (C=O) groups is 1. The summed E-state index contributed by atoms with van der Waals surface area (Å²) in [6.45, 7) is 3.76. The van der Waals surface area contributed by atoms with Gasteiger partial charge in [-0.15, -0.1) is 22.7 Å². The topological polar surface area (TPSA) is 60.5 Å². The average Bonchev–Trinajstić information content (AvgIpc) is 3.26. The van der Waals surface area contributed by atoms with Gasteiger partial charge in [0, 0.05) is 0 Å². The van der Waals surface area contributed by atoms with Crippen molar-refractivity contribution in [3.63, 3.8) is 0 Å². The fourth-order valence-corrected chi connectivity index (χ4v) is 4.68. The van der Waals surface area contributed by atoms with E-state index in [0.717, 1.165) is 15.4 Å². The number of thiazole rings is 1. The number of nitrogens with zero attached hydrogens (tertiary/aromatic N) is 1. The maximum Gasteiger partial charge on any atom is 0.263 e. The number of thiophene rings is 1. The summed E-state index contributed by atoms with van der Waals surface area (Å²) in [4.78, 5) is 18.8. The molecule has 1 amide bonds. The molecule has 2 heterocycles. The molecule has 5 nitrogen and oxygen atoms in total. The highest BCUT2D eigenvalue weighted by atomic mass is 35.5. The predicted molar refractivity (Wildman–Crippen MR) is 111 cm³/mol. The first-order valence-electron chi connectivity index (χ1n) is 8.18. The molecule has 2 aromatic heterocycles. The van der Waals surface area contributed by atoms with Crippen LogP contribution in [0, 0.1) is 6.92 Å². The molecule has 142 valence electrons. The van der Waals surface area contributed by atoms with E-state index in [1.165, 1.54) is 22.7 Å². The SMILES string of the molecule is COc1ccc(C(C)NC(=O)c2sc(-c3ccc(Cl)s3)nc2C)cc1OC. The highest BCUT2D eigenvalue weighted by Crippen LogP contribution is 2.35. The molecule has 0 aliphatic carbocycles.